The number of ether oxygens (including phenoxy) is 3. The van der Waals surface area contributed by atoms with Gasteiger partial charge in [-0.3, -0.25) is 9.80 Å². The lowest BCUT2D eigenvalue weighted by Gasteiger charge is -2.28. The molecule has 2 amide bonds. The predicted octanol–water partition coefficient (Wildman–Crippen LogP) is 6.94. The zero-order valence-corrected chi connectivity index (χ0v) is 23.9. The van der Waals surface area contributed by atoms with Crippen LogP contribution in [0.3, 0.4) is 0 Å². The van der Waals surface area contributed by atoms with Crippen molar-refractivity contribution < 1.29 is 28.2 Å². The Morgan fingerprint density at radius 3 is 2.41 bits per heavy atom. The average molecular weight is 582 g/mol. The maximum Gasteiger partial charge on any atom is 0.415 e. The third kappa shape index (κ3) is 7.28. The molecule has 0 spiro atoms. The average Bonchev–Trinajstić information content (AvgIpc) is 3.47. The molecule has 0 unspecified atom stereocenters. The Kier molecular flexibility index (Phi) is 8.37. The van der Waals surface area contributed by atoms with Crippen LogP contribution in [-0.4, -0.2) is 54.5 Å². The number of carbonyl (C=O) groups is 2. The van der Waals surface area contributed by atoms with E-state index in [1.807, 2.05) is 20.8 Å². The summed E-state index contributed by atoms with van der Waals surface area (Å²) in [6.45, 7) is 7.18. The van der Waals surface area contributed by atoms with Gasteiger partial charge in [0.05, 0.1) is 0 Å². The molecule has 0 saturated carbocycles. The monoisotopic (exact) mass is 581 g/mol. The van der Waals surface area contributed by atoms with Crippen LogP contribution in [0.15, 0.2) is 72.8 Å². The summed E-state index contributed by atoms with van der Waals surface area (Å²) in [7, 11) is 0. The Hall–Kier alpha value is -3.82. The predicted molar refractivity (Wildman–Crippen MR) is 154 cm³/mol. The van der Waals surface area contributed by atoms with Gasteiger partial charge in [0.25, 0.3) is 0 Å². The molecule has 2 heterocycles. The van der Waals surface area contributed by atoms with Crippen LogP contribution in [0, 0.1) is 5.82 Å². The molecular weight excluding hydrogens is 549 g/mol. The minimum Gasteiger partial charge on any atom is -0.457 e. The third-order valence-corrected chi connectivity index (χ3v) is 7.12. The van der Waals surface area contributed by atoms with Gasteiger partial charge in [-0.15, -0.1) is 0 Å². The van der Waals surface area contributed by atoms with Crippen molar-refractivity contribution in [3.63, 3.8) is 0 Å². The summed E-state index contributed by atoms with van der Waals surface area (Å²) in [6, 6.07) is 19.7. The van der Waals surface area contributed by atoms with Crippen molar-refractivity contribution in [2.75, 3.05) is 24.5 Å². The first-order chi connectivity index (χ1) is 19.5. The second kappa shape index (κ2) is 12.0. The Morgan fingerprint density at radius 2 is 1.76 bits per heavy atom. The Labute approximate surface area is 243 Å². The fourth-order valence-electron chi connectivity index (χ4n) is 5.15. The van der Waals surface area contributed by atoms with Gasteiger partial charge in [0.2, 0.25) is 0 Å². The van der Waals surface area contributed by atoms with E-state index in [0.29, 0.717) is 47.4 Å². The standard InChI is InChI=1S/C31H33ClFN3O5/c1-31(2,3)41-29(37)34-23-15-16-35(18-23)19-27-28(20-5-4-6-22(33)17-20)36(30(38)40-27)24-9-13-26(14-10-24)39-25-11-7-21(32)8-12-25/h4-14,17,23,27-28H,15-16,18-19H2,1-3H3,(H,34,37)/t23-,27+,28+/m1/s1. The fraction of sp³-hybridized carbons (Fsp3) is 0.355. The zero-order valence-electron chi connectivity index (χ0n) is 23.2. The molecule has 2 aliphatic heterocycles. The molecule has 5 rings (SSSR count). The first-order valence-corrected chi connectivity index (χ1v) is 13.9. The second-order valence-electron chi connectivity index (χ2n) is 11.2. The number of likely N-dealkylation sites (tertiary alicyclic amines) is 1. The van der Waals surface area contributed by atoms with Gasteiger partial charge in [-0.2, -0.15) is 0 Å². The van der Waals surface area contributed by atoms with Crippen LogP contribution in [0.2, 0.25) is 5.02 Å². The van der Waals surface area contributed by atoms with Gasteiger partial charge < -0.3 is 19.5 Å². The molecule has 1 N–H and O–H groups in total. The first kappa shape index (κ1) is 28.7. The molecule has 0 aliphatic carbocycles. The summed E-state index contributed by atoms with van der Waals surface area (Å²) in [5, 5.41) is 3.53. The minimum atomic E-state index is -0.581. The molecule has 0 bridgehead atoms. The van der Waals surface area contributed by atoms with Crippen LogP contribution in [0.5, 0.6) is 11.5 Å². The molecule has 0 aromatic heterocycles. The molecule has 216 valence electrons. The van der Waals surface area contributed by atoms with Crippen LogP contribution >= 0.6 is 11.6 Å². The number of nitrogens with zero attached hydrogens (tertiary/aromatic N) is 2. The van der Waals surface area contributed by atoms with Gasteiger partial charge in [-0.05, 0) is 93.4 Å². The zero-order chi connectivity index (χ0) is 29.1. The molecule has 8 nitrogen and oxygen atoms in total. The van der Waals surface area contributed by atoms with E-state index >= 15 is 0 Å². The number of carbonyl (C=O) groups excluding carboxylic acids is 2. The van der Waals surface area contributed by atoms with Crippen molar-refractivity contribution in [1.82, 2.24) is 10.2 Å². The molecule has 3 aromatic rings. The highest BCUT2D eigenvalue weighted by molar-refractivity contribution is 6.30. The number of benzene rings is 3. The van der Waals surface area contributed by atoms with E-state index in [2.05, 4.69) is 10.2 Å². The third-order valence-electron chi connectivity index (χ3n) is 6.87. The molecule has 2 saturated heterocycles. The maximum absolute atomic E-state index is 14.3. The lowest BCUT2D eigenvalue weighted by atomic mass is 9.99. The number of cyclic esters (lactones) is 1. The summed E-state index contributed by atoms with van der Waals surface area (Å²) >= 11 is 5.96. The largest absolute Gasteiger partial charge is 0.457 e. The van der Waals surface area contributed by atoms with E-state index in [1.54, 1.807) is 65.6 Å². The number of halogens is 2. The number of rotatable bonds is 7. The molecular formula is C31H33ClFN3O5. The number of hydrogen-bond acceptors (Lipinski definition) is 6. The van der Waals surface area contributed by atoms with Gasteiger partial charge in [0.15, 0.2) is 0 Å². The lowest BCUT2D eigenvalue weighted by Crippen LogP contribution is -2.42. The van der Waals surface area contributed by atoms with Gasteiger partial charge in [-0.1, -0.05) is 23.7 Å². The van der Waals surface area contributed by atoms with Gasteiger partial charge in [-0.25, -0.2) is 14.0 Å². The van der Waals surface area contributed by atoms with E-state index in [0.717, 1.165) is 6.42 Å². The van der Waals surface area contributed by atoms with Crippen molar-refractivity contribution in [1.29, 1.82) is 0 Å². The highest BCUT2D eigenvalue weighted by Gasteiger charge is 2.45. The Morgan fingerprint density at radius 1 is 1.07 bits per heavy atom. The highest BCUT2D eigenvalue weighted by Crippen LogP contribution is 2.39. The van der Waals surface area contributed by atoms with Crippen molar-refractivity contribution in [2.24, 2.45) is 0 Å². The Bertz CT molecular complexity index is 1380. The van der Waals surface area contributed by atoms with Gasteiger partial charge in [0.1, 0.15) is 35.1 Å². The SMILES string of the molecule is CC(C)(C)OC(=O)N[C@@H]1CCN(C[C@@H]2OC(=O)N(c3ccc(Oc4ccc(Cl)cc4)cc3)[C@H]2c2cccc(F)c2)C1. The smallest absolute Gasteiger partial charge is 0.415 e. The quantitative estimate of drug-likeness (QED) is 0.326. The minimum absolute atomic E-state index is 0.0844. The highest BCUT2D eigenvalue weighted by atomic mass is 35.5. The molecule has 2 aliphatic rings. The molecule has 3 aromatic carbocycles. The molecule has 3 atom stereocenters. The van der Waals surface area contributed by atoms with Crippen LogP contribution in [0.4, 0.5) is 19.7 Å². The summed E-state index contributed by atoms with van der Waals surface area (Å²) in [5.41, 5.74) is 0.647. The van der Waals surface area contributed by atoms with Crippen molar-refractivity contribution in [3.05, 3.63) is 89.2 Å². The normalized spacial score (nSPS) is 21.0. The van der Waals surface area contributed by atoms with Crippen LogP contribution < -0.4 is 15.0 Å². The summed E-state index contributed by atoms with van der Waals surface area (Å²) in [5.74, 6) is 0.823. The van der Waals surface area contributed by atoms with Crippen LogP contribution in [-0.2, 0) is 9.47 Å². The second-order valence-corrected chi connectivity index (χ2v) is 11.7. The number of nitrogens with one attached hydrogen (secondary N) is 1. The number of hydrogen-bond donors (Lipinski definition) is 1. The van der Waals surface area contributed by atoms with Crippen molar-refractivity contribution in [2.45, 2.75) is 51.0 Å². The lowest BCUT2D eigenvalue weighted by molar-refractivity contribution is 0.0504. The number of anilines is 1. The van der Waals surface area contributed by atoms with Crippen molar-refractivity contribution >= 4 is 29.5 Å². The molecule has 0 radical (unpaired) electrons. The summed E-state index contributed by atoms with van der Waals surface area (Å²) < 4.78 is 31.5. The van der Waals surface area contributed by atoms with Crippen molar-refractivity contribution in [3.8, 4) is 11.5 Å². The van der Waals surface area contributed by atoms with Crippen LogP contribution in [0.1, 0.15) is 38.8 Å². The van der Waals surface area contributed by atoms with E-state index in [1.165, 1.54) is 12.1 Å². The maximum atomic E-state index is 14.3. The number of alkyl carbamates (subject to hydrolysis) is 1. The van der Waals surface area contributed by atoms with E-state index in [4.69, 9.17) is 25.8 Å². The van der Waals surface area contributed by atoms with E-state index in [-0.39, 0.29) is 6.04 Å². The van der Waals surface area contributed by atoms with E-state index in [9.17, 15) is 14.0 Å². The van der Waals surface area contributed by atoms with Gasteiger partial charge in [0, 0.05) is 36.4 Å². The summed E-state index contributed by atoms with van der Waals surface area (Å²) in [6.07, 6.45) is -0.791. The first-order valence-electron chi connectivity index (χ1n) is 13.5. The Balaban J connectivity index is 1.31. The van der Waals surface area contributed by atoms with Crippen LogP contribution in [0.25, 0.3) is 0 Å². The topological polar surface area (TPSA) is 80.3 Å². The molecule has 41 heavy (non-hydrogen) atoms. The fourth-order valence-corrected chi connectivity index (χ4v) is 5.27. The van der Waals surface area contributed by atoms with E-state index < -0.39 is 35.8 Å². The van der Waals surface area contributed by atoms with Gasteiger partial charge >= 0.3 is 12.2 Å². The number of amides is 2. The molecule has 10 heteroatoms. The molecule has 2 fully saturated rings. The summed E-state index contributed by atoms with van der Waals surface area (Å²) in [4.78, 5) is 29.2.